The summed E-state index contributed by atoms with van der Waals surface area (Å²) in [7, 11) is 0. The van der Waals surface area contributed by atoms with Crippen molar-refractivity contribution >= 4 is 11.6 Å². The number of anilines is 1. The molecule has 1 aliphatic rings. The molecule has 0 bridgehead atoms. The third kappa shape index (κ3) is 2.74. The number of hydrogen-bond acceptors (Lipinski definition) is 3. The van der Waals surface area contributed by atoms with Gasteiger partial charge in [0.05, 0.1) is 11.8 Å². The molecule has 19 heavy (non-hydrogen) atoms. The minimum absolute atomic E-state index is 0.117. The van der Waals surface area contributed by atoms with Gasteiger partial charge >= 0.3 is 0 Å². The number of nitriles is 1. The van der Waals surface area contributed by atoms with E-state index in [2.05, 4.69) is 11.4 Å². The fourth-order valence-electron chi connectivity index (χ4n) is 2.09. The number of rotatable bonds is 2. The molecule has 1 heterocycles. The number of nitrogens with zero attached hydrogens (tertiary/aromatic N) is 1. The van der Waals surface area contributed by atoms with Crippen LogP contribution in [0, 0.1) is 29.5 Å². The van der Waals surface area contributed by atoms with Gasteiger partial charge in [-0.1, -0.05) is 6.07 Å². The topological polar surface area (TPSA) is 62.1 Å². The van der Waals surface area contributed by atoms with Gasteiger partial charge in [-0.2, -0.15) is 5.26 Å². The first-order chi connectivity index (χ1) is 9.07. The second-order valence-electron chi connectivity index (χ2n) is 4.74. The normalized spacial score (nSPS) is 17.5. The lowest BCUT2D eigenvalue weighted by molar-refractivity contribution is -0.126. The number of amides is 1. The van der Waals surface area contributed by atoms with Gasteiger partial charge in [-0.3, -0.25) is 4.79 Å². The SMILES string of the molecule is Cc1ccc(F)c(NC(=O)C2(C#N)CCOCC2)c1. The highest BCUT2D eigenvalue weighted by atomic mass is 19.1. The Labute approximate surface area is 111 Å². The van der Waals surface area contributed by atoms with Crippen molar-refractivity contribution in [2.24, 2.45) is 5.41 Å². The van der Waals surface area contributed by atoms with Gasteiger partial charge in [0.15, 0.2) is 0 Å². The quantitative estimate of drug-likeness (QED) is 0.890. The average molecular weight is 262 g/mol. The lowest BCUT2D eigenvalue weighted by Gasteiger charge is -2.29. The Morgan fingerprint density at radius 2 is 2.16 bits per heavy atom. The summed E-state index contributed by atoms with van der Waals surface area (Å²) in [6.07, 6.45) is 0.672. The van der Waals surface area contributed by atoms with Crippen LogP contribution in [-0.4, -0.2) is 19.1 Å². The number of carbonyl (C=O) groups is 1. The van der Waals surface area contributed by atoms with Crippen molar-refractivity contribution in [2.75, 3.05) is 18.5 Å². The van der Waals surface area contributed by atoms with Crippen molar-refractivity contribution in [1.29, 1.82) is 5.26 Å². The minimum atomic E-state index is -1.12. The highest BCUT2D eigenvalue weighted by Crippen LogP contribution is 2.31. The predicted octanol–water partition coefficient (Wildman–Crippen LogP) is 2.39. The van der Waals surface area contributed by atoms with E-state index in [-0.39, 0.29) is 5.69 Å². The second kappa shape index (κ2) is 5.37. The summed E-state index contributed by atoms with van der Waals surface area (Å²) >= 11 is 0. The maximum absolute atomic E-state index is 13.6. The maximum Gasteiger partial charge on any atom is 0.245 e. The molecule has 100 valence electrons. The van der Waals surface area contributed by atoms with Crippen LogP contribution >= 0.6 is 0 Å². The average Bonchev–Trinajstić information content (AvgIpc) is 2.43. The monoisotopic (exact) mass is 262 g/mol. The molecule has 0 saturated carbocycles. The van der Waals surface area contributed by atoms with Gasteiger partial charge in [-0.15, -0.1) is 0 Å². The zero-order chi connectivity index (χ0) is 13.9. The molecule has 0 radical (unpaired) electrons. The Kier molecular flexibility index (Phi) is 3.82. The number of aryl methyl sites for hydroxylation is 1. The summed E-state index contributed by atoms with van der Waals surface area (Å²) in [6.45, 7) is 2.55. The summed E-state index contributed by atoms with van der Waals surface area (Å²) in [5.41, 5.74) is -0.158. The van der Waals surface area contributed by atoms with E-state index < -0.39 is 17.1 Å². The largest absolute Gasteiger partial charge is 0.381 e. The lowest BCUT2D eigenvalue weighted by Crippen LogP contribution is -2.40. The molecule has 0 atom stereocenters. The van der Waals surface area contributed by atoms with E-state index >= 15 is 0 Å². The number of benzene rings is 1. The van der Waals surface area contributed by atoms with Crippen molar-refractivity contribution in [3.8, 4) is 6.07 Å². The van der Waals surface area contributed by atoms with Crippen LogP contribution in [0.25, 0.3) is 0 Å². The molecule has 4 nitrogen and oxygen atoms in total. The molecule has 1 aromatic carbocycles. The Bertz CT molecular complexity index is 531. The molecule has 0 unspecified atom stereocenters. The lowest BCUT2D eigenvalue weighted by atomic mass is 9.81. The van der Waals surface area contributed by atoms with E-state index in [9.17, 15) is 14.4 Å². The van der Waals surface area contributed by atoms with E-state index in [0.29, 0.717) is 26.1 Å². The van der Waals surface area contributed by atoms with Gasteiger partial charge in [-0.25, -0.2) is 4.39 Å². The Balaban J connectivity index is 2.20. The van der Waals surface area contributed by atoms with Gasteiger partial charge in [0, 0.05) is 13.2 Å². The van der Waals surface area contributed by atoms with E-state index in [1.54, 1.807) is 12.1 Å². The van der Waals surface area contributed by atoms with E-state index in [4.69, 9.17) is 4.74 Å². The van der Waals surface area contributed by atoms with Crippen LogP contribution < -0.4 is 5.32 Å². The Hall–Kier alpha value is -1.93. The summed E-state index contributed by atoms with van der Waals surface area (Å²) < 4.78 is 18.8. The van der Waals surface area contributed by atoms with Crippen LogP contribution in [0.1, 0.15) is 18.4 Å². The highest BCUT2D eigenvalue weighted by molar-refractivity contribution is 5.97. The van der Waals surface area contributed by atoms with E-state index in [0.717, 1.165) is 5.56 Å². The summed E-state index contributed by atoms with van der Waals surface area (Å²) in [4.78, 5) is 12.2. The van der Waals surface area contributed by atoms with E-state index in [1.807, 2.05) is 6.92 Å². The fraction of sp³-hybridized carbons (Fsp3) is 0.429. The summed E-state index contributed by atoms with van der Waals surface area (Å²) in [5, 5.41) is 11.8. The van der Waals surface area contributed by atoms with Gasteiger partial charge in [0.25, 0.3) is 0 Å². The second-order valence-corrected chi connectivity index (χ2v) is 4.74. The van der Waals surface area contributed by atoms with Gasteiger partial charge in [0.2, 0.25) is 5.91 Å². The summed E-state index contributed by atoms with van der Waals surface area (Å²) in [6, 6.07) is 6.53. The molecule has 0 aromatic heterocycles. The van der Waals surface area contributed by atoms with Gasteiger partial charge in [0.1, 0.15) is 11.2 Å². The van der Waals surface area contributed by atoms with Gasteiger partial charge < -0.3 is 10.1 Å². The predicted molar refractivity (Wildman–Crippen MR) is 67.9 cm³/mol. The molecule has 2 rings (SSSR count). The molecule has 0 aliphatic carbocycles. The molecule has 1 aliphatic heterocycles. The first-order valence-electron chi connectivity index (χ1n) is 6.14. The minimum Gasteiger partial charge on any atom is -0.381 e. The zero-order valence-corrected chi connectivity index (χ0v) is 10.7. The van der Waals surface area contributed by atoms with Crippen molar-refractivity contribution in [3.05, 3.63) is 29.6 Å². The molecule has 0 spiro atoms. The zero-order valence-electron chi connectivity index (χ0n) is 10.7. The van der Waals surface area contributed by atoms with Crippen LogP contribution in [0.5, 0.6) is 0 Å². The number of ether oxygens (including phenoxy) is 1. The Morgan fingerprint density at radius 3 is 2.79 bits per heavy atom. The van der Waals surface area contributed by atoms with Crippen LogP contribution in [0.2, 0.25) is 0 Å². The van der Waals surface area contributed by atoms with Crippen LogP contribution in [0.3, 0.4) is 0 Å². The first-order valence-corrected chi connectivity index (χ1v) is 6.14. The fourth-order valence-corrected chi connectivity index (χ4v) is 2.09. The molecule has 1 saturated heterocycles. The van der Waals surface area contributed by atoms with Crippen molar-refractivity contribution in [2.45, 2.75) is 19.8 Å². The molecule has 5 heteroatoms. The third-order valence-corrected chi connectivity index (χ3v) is 3.37. The van der Waals surface area contributed by atoms with Crippen molar-refractivity contribution in [3.63, 3.8) is 0 Å². The van der Waals surface area contributed by atoms with Crippen LogP contribution in [0.15, 0.2) is 18.2 Å². The third-order valence-electron chi connectivity index (χ3n) is 3.37. The molecular formula is C14H15FN2O2. The molecule has 1 amide bonds. The Morgan fingerprint density at radius 1 is 1.47 bits per heavy atom. The number of nitrogens with one attached hydrogen (secondary N) is 1. The smallest absolute Gasteiger partial charge is 0.245 e. The molecule has 1 fully saturated rings. The summed E-state index contributed by atoms with van der Waals surface area (Å²) in [5.74, 6) is -0.957. The molecular weight excluding hydrogens is 247 g/mol. The van der Waals surface area contributed by atoms with Crippen molar-refractivity contribution < 1.29 is 13.9 Å². The van der Waals surface area contributed by atoms with Crippen LogP contribution in [0.4, 0.5) is 10.1 Å². The molecule has 1 aromatic rings. The van der Waals surface area contributed by atoms with Gasteiger partial charge in [-0.05, 0) is 37.5 Å². The highest BCUT2D eigenvalue weighted by Gasteiger charge is 2.40. The van der Waals surface area contributed by atoms with Crippen molar-refractivity contribution in [1.82, 2.24) is 0 Å². The number of carbonyl (C=O) groups excluding carboxylic acids is 1. The van der Waals surface area contributed by atoms with E-state index in [1.165, 1.54) is 6.07 Å². The first kappa shape index (κ1) is 13.5. The number of hydrogen-bond donors (Lipinski definition) is 1. The molecule has 1 N–H and O–H groups in total. The number of halogens is 1. The maximum atomic E-state index is 13.6. The van der Waals surface area contributed by atoms with Crippen LogP contribution in [-0.2, 0) is 9.53 Å². The standard InChI is InChI=1S/C14H15FN2O2/c1-10-2-3-11(15)12(8-10)17-13(18)14(9-16)4-6-19-7-5-14/h2-3,8H,4-7H2,1H3,(H,17,18).